The van der Waals surface area contributed by atoms with E-state index >= 15 is 0 Å². The molecule has 0 saturated heterocycles. The predicted octanol–water partition coefficient (Wildman–Crippen LogP) is 2.99. The Morgan fingerprint density at radius 3 is 2.54 bits per heavy atom. The third-order valence-electron chi connectivity index (χ3n) is 3.08. The molecule has 2 nitrogen and oxygen atoms in total. The average molecular weight is 182 g/mol. The fourth-order valence-corrected chi connectivity index (χ4v) is 2.21. The first-order valence-electron chi connectivity index (χ1n) is 5.05. The van der Waals surface area contributed by atoms with E-state index in [-0.39, 0.29) is 5.41 Å². The van der Waals surface area contributed by atoms with Crippen LogP contribution in [0.4, 0.5) is 0 Å². The van der Waals surface area contributed by atoms with E-state index in [4.69, 9.17) is 5.11 Å². The Kier molecular flexibility index (Phi) is 3.52. The Hall–Kier alpha value is -0.790. The van der Waals surface area contributed by atoms with Crippen LogP contribution >= 0.6 is 0 Å². The van der Waals surface area contributed by atoms with E-state index in [2.05, 4.69) is 6.58 Å². The summed E-state index contributed by atoms with van der Waals surface area (Å²) in [5.74, 6) is -0.589. The highest BCUT2D eigenvalue weighted by Crippen LogP contribution is 2.42. The largest absolute Gasteiger partial charge is 0.481 e. The number of allylic oxidation sites excluding steroid dienone is 1. The van der Waals surface area contributed by atoms with Gasteiger partial charge in [0.25, 0.3) is 0 Å². The average Bonchev–Trinajstić information content (AvgIpc) is 2.55. The minimum atomic E-state index is -0.589. The molecule has 1 saturated carbocycles. The predicted molar refractivity (Wildman–Crippen MR) is 52.6 cm³/mol. The molecular weight excluding hydrogens is 164 g/mol. The van der Waals surface area contributed by atoms with Crippen molar-refractivity contribution in [2.45, 2.75) is 44.9 Å². The summed E-state index contributed by atoms with van der Waals surface area (Å²) in [7, 11) is 0. The van der Waals surface area contributed by atoms with E-state index in [1.54, 1.807) is 0 Å². The number of rotatable bonds is 5. The van der Waals surface area contributed by atoms with Gasteiger partial charge >= 0.3 is 5.97 Å². The van der Waals surface area contributed by atoms with Crippen LogP contribution in [0.5, 0.6) is 0 Å². The molecule has 0 atom stereocenters. The van der Waals surface area contributed by atoms with Crippen molar-refractivity contribution in [1.29, 1.82) is 0 Å². The highest BCUT2D eigenvalue weighted by molar-refractivity contribution is 5.74. The summed E-state index contributed by atoms with van der Waals surface area (Å²) in [5, 5.41) is 9.14. The summed E-state index contributed by atoms with van der Waals surface area (Å²) in [6.07, 6.45) is 8.52. The lowest BCUT2D eigenvalue weighted by Crippen LogP contribution is -2.27. The molecule has 0 bridgehead atoms. The normalized spacial score (nSPS) is 20.0. The van der Waals surface area contributed by atoms with Crippen molar-refractivity contribution in [3.05, 3.63) is 12.7 Å². The summed E-state index contributed by atoms with van der Waals surface area (Å²) in [6.45, 7) is 3.64. The zero-order valence-electron chi connectivity index (χ0n) is 8.09. The molecule has 1 N–H and O–H groups in total. The smallest absolute Gasteiger partial charge is 0.309 e. The van der Waals surface area contributed by atoms with Gasteiger partial charge in [0.2, 0.25) is 0 Å². The lowest BCUT2D eigenvalue weighted by Gasteiger charge is -2.23. The van der Waals surface area contributed by atoms with Gasteiger partial charge in [0.1, 0.15) is 0 Å². The Balaban J connectivity index is 2.47. The number of carboxylic acid groups (broad SMARTS) is 1. The summed E-state index contributed by atoms with van der Waals surface area (Å²) >= 11 is 0. The molecule has 74 valence electrons. The standard InChI is InChI=1S/C11H18O2/c1-2-3-4-7-11(10(12)13)8-5-6-9-11/h2H,1,3-9H2,(H,12,13). The Bertz CT molecular complexity index is 190. The van der Waals surface area contributed by atoms with Crippen molar-refractivity contribution in [1.82, 2.24) is 0 Å². The Morgan fingerprint density at radius 1 is 1.46 bits per heavy atom. The highest BCUT2D eigenvalue weighted by Gasteiger charge is 2.40. The van der Waals surface area contributed by atoms with Crippen molar-refractivity contribution in [2.24, 2.45) is 5.41 Å². The minimum absolute atomic E-state index is 0.386. The third kappa shape index (κ3) is 2.33. The maximum Gasteiger partial charge on any atom is 0.309 e. The molecule has 1 aliphatic rings. The summed E-state index contributed by atoms with van der Waals surface area (Å²) in [6, 6.07) is 0. The molecule has 0 aromatic rings. The van der Waals surface area contributed by atoms with Crippen LogP contribution in [0.1, 0.15) is 44.9 Å². The van der Waals surface area contributed by atoms with Crippen LogP contribution in [-0.4, -0.2) is 11.1 Å². The zero-order chi connectivity index (χ0) is 9.73. The van der Waals surface area contributed by atoms with Gasteiger partial charge in [-0.2, -0.15) is 0 Å². The van der Waals surface area contributed by atoms with E-state index in [0.717, 1.165) is 44.9 Å². The van der Waals surface area contributed by atoms with Gasteiger partial charge in [0, 0.05) is 0 Å². The first-order chi connectivity index (χ1) is 6.21. The first kappa shape index (κ1) is 10.3. The second-order valence-electron chi connectivity index (χ2n) is 3.97. The molecule has 0 heterocycles. The van der Waals surface area contributed by atoms with Gasteiger partial charge in [0.05, 0.1) is 5.41 Å². The summed E-state index contributed by atoms with van der Waals surface area (Å²) in [4.78, 5) is 11.1. The number of carbonyl (C=O) groups is 1. The molecule has 1 rings (SSSR count). The number of aliphatic carboxylic acids is 1. The van der Waals surface area contributed by atoms with E-state index in [0.29, 0.717) is 0 Å². The van der Waals surface area contributed by atoms with Gasteiger partial charge in [-0.15, -0.1) is 6.58 Å². The quantitative estimate of drug-likeness (QED) is 0.524. The SMILES string of the molecule is C=CCCCC1(C(=O)O)CCCC1. The topological polar surface area (TPSA) is 37.3 Å². The summed E-state index contributed by atoms with van der Waals surface area (Å²) in [5.41, 5.74) is -0.386. The zero-order valence-corrected chi connectivity index (χ0v) is 8.09. The second kappa shape index (κ2) is 4.45. The van der Waals surface area contributed by atoms with Gasteiger partial charge in [-0.3, -0.25) is 4.79 Å². The number of hydrogen-bond acceptors (Lipinski definition) is 1. The monoisotopic (exact) mass is 182 g/mol. The molecule has 1 fully saturated rings. The number of unbranched alkanes of at least 4 members (excludes halogenated alkanes) is 1. The van der Waals surface area contributed by atoms with Crippen LogP contribution in [0.2, 0.25) is 0 Å². The van der Waals surface area contributed by atoms with Gasteiger partial charge in [-0.25, -0.2) is 0 Å². The van der Waals surface area contributed by atoms with Crippen molar-refractivity contribution in [3.63, 3.8) is 0 Å². The molecule has 0 aromatic heterocycles. The lowest BCUT2D eigenvalue weighted by atomic mass is 9.81. The van der Waals surface area contributed by atoms with Crippen molar-refractivity contribution in [2.75, 3.05) is 0 Å². The minimum Gasteiger partial charge on any atom is -0.481 e. The molecular formula is C11H18O2. The van der Waals surface area contributed by atoms with Gasteiger partial charge in [0.15, 0.2) is 0 Å². The maximum absolute atomic E-state index is 11.1. The van der Waals surface area contributed by atoms with Crippen molar-refractivity contribution in [3.8, 4) is 0 Å². The van der Waals surface area contributed by atoms with Crippen LogP contribution in [0.25, 0.3) is 0 Å². The van der Waals surface area contributed by atoms with Crippen molar-refractivity contribution < 1.29 is 9.90 Å². The van der Waals surface area contributed by atoms with Crippen LogP contribution < -0.4 is 0 Å². The van der Waals surface area contributed by atoms with Crippen molar-refractivity contribution >= 4 is 5.97 Å². The molecule has 13 heavy (non-hydrogen) atoms. The fraction of sp³-hybridized carbons (Fsp3) is 0.727. The van der Waals surface area contributed by atoms with E-state index in [1.807, 2.05) is 6.08 Å². The maximum atomic E-state index is 11.1. The van der Waals surface area contributed by atoms with E-state index < -0.39 is 5.97 Å². The highest BCUT2D eigenvalue weighted by atomic mass is 16.4. The van der Waals surface area contributed by atoms with Crippen LogP contribution in [-0.2, 0) is 4.79 Å². The van der Waals surface area contributed by atoms with Gasteiger partial charge in [-0.05, 0) is 32.1 Å². The molecule has 0 unspecified atom stereocenters. The van der Waals surface area contributed by atoms with E-state index in [1.165, 1.54) is 0 Å². The van der Waals surface area contributed by atoms with E-state index in [9.17, 15) is 4.79 Å². The molecule has 0 aliphatic heterocycles. The second-order valence-corrected chi connectivity index (χ2v) is 3.97. The third-order valence-corrected chi connectivity index (χ3v) is 3.08. The Morgan fingerprint density at radius 2 is 2.08 bits per heavy atom. The molecule has 0 amide bonds. The number of carboxylic acids is 1. The Labute approximate surface area is 79.6 Å². The van der Waals surface area contributed by atoms with Crippen LogP contribution in [0.15, 0.2) is 12.7 Å². The van der Waals surface area contributed by atoms with Crippen LogP contribution in [0, 0.1) is 5.41 Å². The number of hydrogen-bond donors (Lipinski definition) is 1. The first-order valence-corrected chi connectivity index (χ1v) is 5.05. The van der Waals surface area contributed by atoms with Gasteiger partial charge in [-0.1, -0.05) is 18.9 Å². The molecule has 1 aliphatic carbocycles. The van der Waals surface area contributed by atoms with Crippen LogP contribution in [0.3, 0.4) is 0 Å². The molecule has 0 spiro atoms. The summed E-state index contributed by atoms with van der Waals surface area (Å²) < 4.78 is 0. The lowest BCUT2D eigenvalue weighted by molar-refractivity contribution is -0.149. The molecule has 2 heteroatoms. The fourth-order valence-electron chi connectivity index (χ4n) is 2.21. The molecule has 0 radical (unpaired) electrons. The van der Waals surface area contributed by atoms with Gasteiger partial charge < -0.3 is 5.11 Å². The molecule has 0 aromatic carbocycles.